The van der Waals surface area contributed by atoms with Crippen LogP contribution in [0.4, 0.5) is 11.1 Å². The van der Waals surface area contributed by atoms with Crippen molar-refractivity contribution in [2.24, 2.45) is 5.92 Å². The van der Waals surface area contributed by atoms with Gasteiger partial charge in [-0.3, -0.25) is 4.79 Å². The number of carbonyl (C=O) groups excluding carboxylic acids is 1. The van der Waals surface area contributed by atoms with Crippen molar-refractivity contribution in [2.75, 3.05) is 30.0 Å². The number of aromatic nitrogens is 6. The molecule has 0 unspecified atom stereocenters. The van der Waals surface area contributed by atoms with E-state index in [1.807, 2.05) is 30.8 Å². The summed E-state index contributed by atoms with van der Waals surface area (Å²) in [5, 5.41) is 17.8. The quantitative estimate of drug-likeness (QED) is 0.259. The summed E-state index contributed by atoms with van der Waals surface area (Å²) in [6.07, 6.45) is 7.10. The van der Waals surface area contributed by atoms with E-state index >= 15 is 0 Å². The van der Waals surface area contributed by atoms with Crippen LogP contribution in [-0.4, -0.2) is 55.4 Å². The van der Waals surface area contributed by atoms with E-state index in [-0.39, 0.29) is 5.91 Å². The Bertz CT molecular complexity index is 1160. The summed E-state index contributed by atoms with van der Waals surface area (Å²) in [5.74, 6) is 1.40. The van der Waals surface area contributed by atoms with E-state index in [1.165, 1.54) is 17.7 Å². The molecule has 10 nitrogen and oxygen atoms in total. The summed E-state index contributed by atoms with van der Waals surface area (Å²) in [5.41, 5.74) is 1.44. The SMILES string of the molecule is CSc1cnc(NC[C@H](C)CNc2nc3ccc(C(=O)NCc4nnc[nH]4)cc3s2)nc1. The third kappa shape index (κ3) is 5.71. The molecule has 1 atom stereocenters. The Labute approximate surface area is 193 Å². The standard InChI is InChI=1S/C20H23N9OS2/c1-12(6-22-19-23-8-14(31-2)9-24-19)7-25-20-28-15-4-3-13(5-16(15)32-20)18(30)21-10-17-26-11-27-29-17/h3-5,8-9,11-12H,6-7,10H2,1-2H3,(H,21,30)(H,25,28)(H,22,23,24)(H,26,27,29)/t12-/m0/s1. The lowest BCUT2D eigenvalue weighted by molar-refractivity contribution is 0.0950. The van der Waals surface area contributed by atoms with Crippen LogP contribution in [0.5, 0.6) is 0 Å². The molecular formula is C20H23N9OS2. The summed E-state index contributed by atoms with van der Waals surface area (Å²) in [7, 11) is 0. The Morgan fingerprint density at radius 2 is 2.03 bits per heavy atom. The molecule has 0 bridgehead atoms. The first-order valence-electron chi connectivity index (χ1n) is 9.98. The Balaban J connectivity index is 1.28. The van der Waals surface area contributed by atoms with Crippen molar-refractivity contribution in [3.63, 3.8) is 0 Å². The normalized spacial score (nSPS) is 11.9. The van der Waals surface area contributed by atoms with Gasteiger partial charge in [0.15, 0.2) is 5.13 Å². The van der Waals surface area contributed by atoms with Gasteiger partial charge in [-0.25, -0.2) is 15.0 Å². The lowest BCUT2D eigenvalue weighted by Gasteiger charge is -2.13. The topological polar surface area (TPSA) is 133 Å². The minimum atomic E-state index is -0.168. The summed E-state index contributed by atoms with van der Waals surface area (Å²) in [6, 6.07) is 5.49. The molecule has 166 valence electrons. The number of nitrogens with one attached hydrogen (secondary N) is 4. The number of nitrogens with zero attached hydrogens (tertiary/aromatic N) is 5. The van der Waals surface area contributed by atoms with Crippen LogP contribution in [0.1, 0.15) is 23.1 Å². The van der Waals surface area contributed by atoms with Crippen molar-refractivity contribution in [1.29, 1.82) is 0 Å². The van der Waals surface area contributed by atoms with Crippen LogP contribution in [0.15, 0.2) is 41.8 Å². The molecule has 12 heteroatoms. The molecule has 32 heavy (non-hydrogen) atoms. The number of amides is 1. The zero-order chi connectivity index (χ0) is 22.3. The Kier molecular flexibility index (Phi) is 7.12. The summed E-state index contributed by atoms with van der Waals surface area (Å²) in [4.78, 5) is 29.5. The third-order valence-electron chi connectivity index (χ3n) is 4.61. The molecule has 0 spiro atoms. The highest BCUT2D eigenvalue weighted by atomic mass is 32.2. The number of fused-ring (bicyclic) bond motifs is 1. The lowest BCUT2D eigenvalue weighted by Crippen LogP contribution is -2.23. The highest BCUT2D eigenvalue weighted by Crippen LogP contribution is 2.27. The zero-order valence-electron chi connectivity index (χ0n) is 17.6. The van der Waals surface area contributed by atoms with Gasteiger partial charge in [0, 0.05) is 35.9 Å². The minimum Gasteiger partial charge on any atom is -0.361 e. The molecule has 3 heterocycles. The molecule has 1 aromatic carbocycles. The molecule has 4 rings (SSSR count). The molecule has 4 aromatic rings. The second kappa shape index (κ2) is 10.4. The van der Waals surface area contributed by atoms with Gasteiger partial charge in [-0.05, 0) is 30.4 Å². The molecular weight excluding hydrogens is 446 g/mol. The molecule has 0 aliphatic rings. The monoisotopic (exact) mass is 469 g/mol. The smallest absolute Gasteiger partial charge is 0.251 e. The molecule has 0 saturated carbocycles. The zero-order valence-corrected chi connectivity index (χ0v) is 19.3. The van der Waals surface area contributed by atoms with Gasteiger partial charge in [-0.15, -0.1) is 22.0 Å². The Morgan fingerprint density at radius 3 is 2.78 bits per heavy atom. The molecule has 0 fully saturated rings. The number of anilines is 2. The maximum absolute atomic E-state index is 12.4. The van der Waals surface area contributed by atoms with Crippen molar-refractivity contribution >= 4 is 50.3 Å². The summed E-state index contributed by atoms with van der Waals surface area (Å²) < 4.78 is 0.952. The molecule has 1 amide bonds. The van der Waals surface area contributed by atoms with Gasteiger partial charge in [-0.1, -0.05) is 18.3 Å². The second-order valence-corrected chi connectivity index (χ2v) is 9.04. The minimum absolute atomic E-state index is 0.168. The number of benzene rings is 1. The van der Waals surface area contributed by atoms with Gasteiger partial charge in [0.1, 0.15) is 12.2 Å². The average molecular weight is 470 g/mol. The number of thioether (sulfide) groups is 1. The van der Waals surface area contributed by atoms with Crippen LogP contribution in [0, 0.1) is 5.92 Å². The van der Waals surface area contributed by atoms with E-state index in [4.69, 9.17) is 0 Å². The van der Waals surface area contributed by atoms with Crippen LogP contribution in [0.25, 0.3) is 10.2 Å². The Morgan fingerprint density at radius 1 is 1.22 bits per heavy atom. The van der Waals surface area contributed by atoms with Crippen LogP contribution in [0.3, 0.4) is 0 Å². The van der Waals surface area contributed by atoms with Crippen molar-refractivity contribution in [1.82, 2.24) is 35.5 Å². The highest BCUT2D eigenvalue weighted by Gasteiger charge is 2.11. The van der Waals surface area contributed by atoms with E-state index in [0.717, 1.165) is 33.3 Å². The second-order valence-electron chi connectivity index (χ2n) is 7.13. The molecule has 0 saturated heterocycles. The first-order chi connectivity index (χ1) is 15.6. The van der Waals surface area contributed by atoms with Gasteiger partial charge in [0.25, 0.3) is 5.91 Å². The van der Waals surface area contributed by atoms with E-state index in [0.29, 0.717) is 29.8 Å². The number of aromatic amines is 1. The fourth-order valence-electron chi connectivity index (χ4n) is 2.84. The number of rotatable bonds is 10. The van der Waals surface area contributed by atoms with Crippen molar-refractivity contribution in [2.45, 2.75) is 18.4 Å². The Hall–Kier alpha value is -3.25. The lowest BCUT2D eigenvalue weighted by atomic mass is 10.2. The number of carbonyl (C=O) groups is 1. The van der Waals surface area contributed by atoms with E-state index in [1.54, 1.807) is 17.8 Å². The number of H-pyrrole nitrogens is 1. The van der Waals surface area contributed by atoms with Crippen LogP contribution < -0.4 is 16.0 Å². The molecule has 0 aliphatic heterocycles. The van der Waals surface area contributed by atoms with E-state index in [2.05, 4.69) is 53.0 Å². The predicted octanol–water partition coefficient (Wildman–Crippen LogP) is 3.02. The average Bonchev–Trinajstić information content (AvgIpc) is 3.49. The van der Waals surface area contributed by atoms with Crippen molar-refractivity contribution < 1.29 is 4.79 Å². The predicted molar refractivity (Wildman–Crippen MR) is 127 cm³/mol. The van der Waals surface area contributed by atoms with E-state index in [9.17, 15) is 4.79 Å². The first-order valence-corrected chi connectivity index (χ1v) is 12.0. The van der Waals surface area contributed by atoms with Gasteiger partial charge in [0.05, 0.1) is 16.8 Å². The molecule has 0 aliphatic carbocycles. The van der Waals surface area contributed by atoms with Gasteiger partial charge < -0.3 is 20.9 Å². The van der Waals surface area contributed by atoms with Gasteiger partial charge in [-0.2, -0.15) is 0 Å². The van der Waals surface area contributed by atoms with Crippen LogP contribution in [0.2, 0.25) is 0 Å². The first kappa shape index (κ1) is 22.0. The van der Waals surface area contributed by atoms with Gasteiger partial charge in [0.2, 0.25) is 5.95 Å². The number of hydrogen-bond donors (Lipinski definition) is 4. The largest absolute Gasteiger partial charge is 0.361 e. The van der Waals surface area contributed by atoms with Crippen LogP contribution >= 0.6 is 23.1 Å². The fourth-order valence-corrected chi connectivity index (χ4v) is 4.07. The third-order valence-corrected chi connectivity index (χ3v) is 6.27. The summed E-state index contributed by atoms with van der Waals surface area (Å²) in [6.45, 7) is 3.93. The fraction of sp³-hybridized carbons (Fsp3) is 0.300. The number of thiazole rings is 1. The van der Waals surface area contributed by atoms with Gasteiger partial charge >= 0.3 is 0 Å². The van der Waals surface area contributed by atoms with E-state index < -0.39 is 0 Å². The van der Waals surface area contributed by atoms with Crippen molar-refractivity contribution in [3.05, 3.63) is 48.3 Å². The molecule has 0 radical (unpaired) electrons. The van der Waals surface area contributed by atoms with Crippen LogP contribution in [-0.2, 0) is 6.54 Å². The maximum Gasteiger partial charge on any atom is 0.251 e. The highest BCUT2D eigenvalue weighted by molar-refractivity contribution is 7.98. The molecule has 4 N–H and O–H groups in total. The number of hydrogen-bond acceptors (Lipinski definition) is 10. The van der Waals surface area contributed by atoms with Crippen molar-refractivity contribution in [3.8, 4) is 0 Å². The molecule has 3 aromatic heterocycles. The maximum atomic E-state index is 12.4. The summed E-state index contributed by atoms with van der Waals surface area (Å²) >= 11 is 3.14.